The molecule has 0 fully saturated rings. The van der Waals surface area contributed by atoms with Crippen molar-refractivity contribution < 1.29 is 24.5 Å². The van der Waals surface area contributed by atoms with E-state index in [1.807, 2.05) is 6.08 Å². The van der Waals surface area contributed by atoms with Crippen LogP contribution in [0.15, 0.2) is 12.2 Å². The Morgan fingerprint density at radius 1 is 0.415 bits per heavy atom. The quantitative estimate of drug-likeness (QED) is 0.0321. The molecule has 0 spiro atoms. The molecule has 0 aromatic heterocycles. The number of carbonyl (C=O) groups excluding carboxylic acids is 2. The normalized spacial score (nSPS) is 12.6. The molecule has 6 heteroatoms. The van der Waals surface area contributed by atoms with Crippen molar-refractivity contribution in [2.45, 2.75) is 341 Å². The third-order valence-electron chi connectivity index (χ3n) is 13.8. The van der Waals surface area contributed by atoms with Gasteiger partial charge in [0.2, 0.25) is 5.91 Å². The van der Waals surface area contributed by atoms with Crippen molar-refractivity contribution in [1.29, 1.82) is 0 Å². The number of hydrogen-bond donors (Lipinski definition) is 3. The van der Waals surface area contributed by atoms with Crippen LogP contribution in [0.4, 0.5) is 0 Å². The summed E-state index contributed by atoms with van der Waals surface area (Å²) in [5.74, 6) is -0.0863. The molecular weight excluding hydrogens is 803 g/mol. The van der Waals surface area contributed by atoms with Gasteiger partial charge in [-0.2, -0.15) is 0 Å². The summed E-state index contributed by atoms with van der Waals surface area (Å²) in [5, 5.41) is 23.2. The number of rotatable bonds is 55. The largest absolute Gasteiger partial charge is 0.466 e. The van der Waals surface area contributed by atoms with Crippen molar-refractivity contribution >= 4 is 11.9 Å². The van der Waals surface area contributed by atoms with Gasteiger partial charge in [-0.05, 0) is 32.1 Å². The average Bonchev–Trinajstić information content (AvgIpc) is 3.31. The lowest BCUT2D eigenvalue weighted by atomic mass is 10.0. The summed E-state index contributed by atoms with van der Waals surface area (Å²) in [4.78, 5) is 24.5. The standard InChI is InChI=1S/C59H115NO5/c1-3-5-7-9-11-13-15-17-19-21-22-23-24-25-27-31-35-39-43-47-51-57(62)56(55-61)60-58(63)52-48-44-40-36-32-29-30-34-38-42-46-50-54-65-59(64)53-49-45-41-37-33-28-26-20-18-16-14-12-10-8-6-4-2/h47,51,56-57,61-62H,3-46,48-50,52-55H2,1-2H3,(H,60,63)/b51-47+. The molecule has 2 atom stereocenters. The number of aliphatic hydroxyl groups is 2. The fourth-order valence-corrected chi connectivity index (χ4v) is 9.28. The highest BCUT2D eigenvalue weighted by Crippen LogP contribution is 2.17. The maximum Gasteiger partial charge on any atom is 0.305 e. The van der Waals surface area contributed by atoms with Gasteiger partial charge in [-0.3, -0.25) is 9.59 Å². The molecular formula is C59H115NO5. The van der Waals surface area contributed by atoms with Gasteiger partial charge in [0.1, 0.15) is 0 Å². The average molecular weight is 919 g/mol. The molecule has 2 unspecified atom stereocenters. The topological polar surface area (TPSA) is 95.9 Å². The van der Waals surface area contributed by atoms with Crippen LogP contribution in [0.25, 0.3) is 0 Å². The van der Waals surface area contributed by atoms with Gasteiger partial charge in [0.25, 0.3) is 0 Å². The smallest absolute Gasteiger partial charge is 0.305 e. The van der Waals surface area contributed by atoms with Crippen molar-refractivity contribution in [3.63, 3.8) is 0 Å². The number of hydrogen-bond acceptors (Lipinski definition) is 5. The molecule has 0 bridgehead atoms. The van der Waals surface area contributed by atoms with Crippen LogP contribution in [0.3, 0.4) is 0 Å². The van der Waals surface area contributed by atoms with E-state index in [1.165, 1.54) is 244 Å². The molecule has 1 amide bonds. The SMILES string of the molecule is CCCCCCCCCCCCCCCCCCCC/C=C/C(O)C(CO)NC(=O)CCCCCCCCCCCCCCOC(=O)CCCCCCCCCCCCCCCCCC. The third kappa shape index (κ3) is 51.8. The minimum absolute atomic E-state index is 0.00647. The Bertz CT molecular complexity index is 970. The van der Waals surface area contributed by atoms with E-state index < -0.39 is 12.1 Å². The number of amides is 1. The first-order chi connectivity index (χ1) is 32.0. The van der Waals surface area contributed by atoms with E-state index in [1.54, 1.807) is 6.08 Å². The first-order valence-electron chi connectivity index (χ1n) is 29.5. The van der Waals surface area contributed by atoms with Crippen molar-refractivity contribution in [3.05, 3.63) is 12.2 Å². The Morgan fingerprint density at radius 3 is 1.05 bits per heavy atom. The van der Waals surface area contributed by atoms with Crippen LogP contribution in [-0.2, 0) is 14.3 Å². The van der Waals surface area contributed by atoms with Crippen molar-refractivity contribution in [2.24, 2.45) is 0 Å². The second kappa shape index (κ2) is 55.2. The van der Waals surface area contributed by atoms with Crippen molar-refractivity contribution in [1.82, 2.24) is 5.32 Å². The van der Waals surface area contributed by atoms with Gasteiger partial charge < -0.3 is 20.3 Å². The van der Waals surface area contributed by atoms with E-state index in [4.69, 9.17) is 4.74 Å². The summed E-state index contributed by atoms with van der Waals surface area (Å²) in [7, 11) is 0. The van der Waals surface area contributed by atoms with Crippen LogP contribution in [0.1, 0.15) is 328 Å². The Kier molecular flexibility index (Phi) is 54.0. The maximum absolute atomic E-state index is 12.5. The third-order valence-corrected chi connectivity index (χ3v) is 13.8. The minimum Gasteiger partial charge on any atom is -0.466 e. The molecule has 0 aromatic carbocycles. The lowest BCUT2D eigenvalue weighted by Gasteiger charge is -2.20. The lowest BCUT2D eigenvalue weighted by Crippen LogP contribution is -2.45. The van der Waals surface area contributed by atoms with Crippen LogP contribution in [0.5, 0.6) is 0 Å². The number of aliphatic hydroxyl groups excluding tert-OH is 2. The summed E-state index contributed by atoms with van der Waals surface area (Å²) in [6.45, 7) is 4.90. The number of unbranched alkanes of at least 4 members (excludes halogenated alkanes) is 44. The molecule has 65 heavy (non-hydrogen) atoms. The van der Waals surface area contributed by atoms with Crippen LogP contribution in [-0.4, -0.2) is 47.4 Å². The molecule has 6 nitrogen and oxygen atoms in total. The minimum atomic E-state index is -0.854. The second-order valence-electron chi connectivity index (χ2n) is 20.3. The Hall–Kier alpha value is -1.40. The first kappa shape index (κ1) is 63.6. The van der Waals surface area contributed by atoms with Crippen LogP contribution in [0.2, 0.25) is 0 Å². The predicted octanol–water partition coefficient (Wildman–Crippen LogP) is 18.1. The Labute approximate surface area is 406 Å². The first-order valence-corrected chi connectivity index (χ1v) is 29.5. The van der Waals surface area contributed by atoms with Gasteiger partial charge in [0, 0.05) is 12.8 Å². The molecule has 3 N–H and O–H groups in total. The zero-order valence-corrected chi connectivity index (χ0v) is 44.0. The molecule has 0 aliphatic heterocycles. The van der Waals surface area contributed by atoms with Gasteiger partial charge in [-0.25, -0.2) is 0 Å². The molecule has 0 heterocycles. The van der Waals surface area contributed by atoms with Gasteiger partial charge in [0.15, 0.2) is 0 Å². The van der Waals surface area contributed by atoms with E-state index in [0.717, 1.165) is 57.8 Å². The Morgan fingerprint density at radius 2 is 0.708 bits per heavy atom. The number of carbonyl (C=O) groups is 2. The van der Waals surface area contributed by atoms with E-state index >= 15 is 0 Å². The zero-order chi connectivity index (χ0) is 47.2. The maximum atomic E-state index is 12.5. The molecule has 0 saturated carbocycles. The highest BCUT2D eigenvalue weighted by atomic mass is 16.5. The highest BCUT2D eigenvalue weighted by molar-refractivity contribution is 5.76. The van der Waals surface area contributed by atoms with Crippen LogP contribution in [0, 0.1) is 0 Å². The molecule has 0 aromatic rings. The molecule has 0 aliphatic carbocycles. The molecule has 0 aliphatic rings. The second-order valence-corrected chi connectivity index (χ2v) is 20.3. The predicted molar refractivity (Wildman–Crippen MR) is 283 cm³/mol. The van der Waals surface area contributed by atoms with E-state index in [2.05, 4.69) is 19.2 Å². The fraction of sp³-hybridized carbons (Fsp3) is 0.932. The zero-order valence-electron chi connectivity index (χ0n) is 44.0. The highest BCUT2D eigenvalue weighted by Gasteiger charge is 2.18. The summed E-state index contributed by atoms with van der Waals surface area (Å²) in [5.41, 5.74) is 0. The number of allylic oxidation sites excluding steroid dienone is 1. The van der Waals surface area contributed by atoms with Crippen LogP contribution >= 0.6 is 0 Å². The number of nitrogens with one attached hydrogen (secondary N) is 1. The monoisotopic (exact) mass is 918 g/mol. The molecule has 0 radical (unpaired) electrons. The lowest BCUT2D eigenvalue weighted by molar-refractivity contribution is -0.143. The number of esters is 1. The Balaban J connectivity index is 3.47. The molecule has 0 rings (SSSR count). The van der Waals surface area contributed by atoms with Gasteiger partial charge in [-0.1, -0.05) is 296 Å². The molecule has 0 saturated heterocycles. The fourth-order valence-electron chi connectivity index (χ4n) is 9.28. The van der Waals surface area contributed by atoms with Gasteiger partial charge in [-0.15, -0.1) is 0 Å². The van der Waals surface area contributed by atoms with E-state index in [0.29, 0.717) is 19.4 Å². The van der Waals surface area contributed by atoms with Gasteiger partial charge in [0.05, 0.1) is 25.4 Å². The summed E-state index contributed by atoms with van der Waals surface area (Å²) in [6.07, 6.45) is 65.1. The van der Waals surface area contributed by atoms with Crippen molar-refractivity contribution in [3.8, 4) is 0 Å². The van der Waals surface area contributed by atoms with E-state index in [-0.39, 0.29) is 18.5 Å². The summed E-state index contributed by atoms with van der Waals surface area (Å²) < 4.78 is 5.48. The summed E-state index contributed by atoms with van der Waals surface area (Å²) in [6, 6.07) is -0.639. The molecule has 386 valence electrons. The van der Waals surface area contributed by atoms with Gasteiger partial charge >= 0.3 is 5.97 Å². The van der Waals surface area contributed by atoms with Crippen LogP contribution < -0.4 is 5.32 Å². The van der Waals surface area contributed by atoms with Crippen molar-refractivity contribution in [2.75, 3.05) is 13.2 Å². The van der Waals surface area contributed by atoms with E-state index in [9.17, 15) is 19.8 Å². The number of ether oxygens (including phenoxy) is 1. The summed E-state index contributed by atoms with van der Waals surface area (Å²) >= 11 is 0.